The van der Waals surface area contributed by atoms with Crippen LogP contribution < -0.4 is 0 Å². The summed E-state index contributed by atoms with van der Waals surface area (Å²) in [5, 5.41) is 0. The summed E-state index contributed by atoms with van der Waals surface area (Å²) >= 11 is 3.82. The highest BCUT2D eigenvalue weighted by atomic mass is 32.1. The molecule has 0 aliphatic rings. The van der Waals surface area contributed by atoms with E-state index in [4.69, 9.17) is 4.89 Å². The van der Waals surface area contributed by atoms with Crippen molar-refractivity contribution >= 4 is 20.2 Å². The van der Waals surface area contributed by atoms with E-state index in [1.165, 1.54) is 6.08 Å². The third-order valence-electron chi connectivity index (χ3n) is 0.705. The number of allylic oxidation sites excluding steroid dienone is 1. The molecule has 10 heavy (non-hydrogen) atoms. The summed E-state index contributed by atoms with van der Waals surface area (Å²) in [7, 11) is -3.44. The molecule has 3 nitrogen and oxygen atoms in total. The number of hydrogen-bond acceptors (Lipinski definition) is 3. The third-order valence-corrected chi connectivity index (χ3v) is 2.12. The van der Waals surface area contributed by atoms with Crippen LogP contribution in [0.1, 0.15) is 6.92 Å². The minimum Gasteiger partial charge on any atom is -0.321 e. The van der Waals surface area contributed by atoms with Crippen molar-refractivity contribution in [3.8, 4) is 0 Å². The second-order valence-corrected chi connectivity index (χ2v) is 3.74. The van der Waals surface area contributed by atoms with Gasteiger partial charge in [0.25, 0.3) is 0 Å². The van der Waals surface area contributed by atoms with Crippen LogP contribution in [0, 0.1) is 0 Å². The first kappa shape index (κ1) is 10.2. The Hall–Kier alpha value is 0.240. The molecule has 1 unspecified atom stereocenters. The lowest BCUT2D eigenvalue weighted by Crippen LogP contribution is -1.90. The van der Waals surface area contributed by atoms with Gasteiger partial charge in [0, 0.05) is 11.6 Å². The first-order chi connectivity index (χ1) is 4.62. The Bertz CT molecular complexity index is 157. The molecule has 0 aromatic rings. The highest BCUT2D eigenvalue weighted by molar-refractivity contribution is 7.80. The van der Waals surface area contributed by atoms with Crippen molar-refractivity contribution in [2.75, 3.05) is 12.4 Å². The lowest BCUT2D eigenvalue weighted by atomic mass is 10.8. The molecule has 0 heterocycles. The Balaban J connectivity index is 3.76. The van der Waals surface area contributed by atoms with Crippen LogP contribution in [0.5, 0.6) is 0 Å². The van der Waals surface area contributed by atoms with Crippen LogP contribution in [0.2, 0.25) is 0 Å². The average molecular weight is 182 g/mol. The van der Waals surface area contributed by atoms with E-state index in [1.807, 2.05) is 0 Å². The van der Waals surface area contributed by atoms with E-state index in [0.717, 1.165) is 5.82 Å². The molecule has 0 amide bonds. The molecule has 0 aliphatic carbocycles. The first-order valence-electron chi connectivity index (χ1n) is 2.84. The SMILES string of the molecule is C/C=C\P(=O)(O)OCCS. The molecule has 1 atom stereocenters. The van der Waals surface area contributed by atoms with Crippen molar-refractivity contribution < 1.29 is 14.0 Å². The maximum atomic E-state index is 10.8. The smallest absolute Gasteiger partial charge is 0.321 e. The Kier molecular flexibility index (Phi) is 5.09. The summed E-state index contributed by atoms with van der Waals surface area (Å²) in [5.74, 6) is 1.60. The molecule has 1 N–H and O–H groups in total. The summed E-state index contributed by atoms with van der Waals surface area (Å²) in [5.41, 5.74) is 0. The monoisotopic (exact) mass is 182 g/mol. The Morgan fingerprint density at radius 2 is 2.40 bits per heavy atom. The molecule has 0 aliphatic heterocycles. The van der Waals surface area contributed by atoms with Gasteiger partial charge in [-0.15, -0.1) is 0 Å². The van der Waals surface area contributed by atoms with Crippen LogP contribution in [0.15, 0.2) is 11.9 Å². The van der Waals surface area contributed by atoms with E-state index in [9.17, 15) is 4.57 Å². The fourth-order valence-corrected chi connectivity index (χ4v) is 1.45. The van der Waals surface area contributed by atoms with Crippen LogP contribution in [-0.4, -0.2) is 17.3 Å². The summed E-state index contributed by atoms with van der Waals surface area (Å²) in [6.07, 6.45) is 1.49. The zero-order chi connectivity index (χ0) is 8.04. The van der Waals surface area contributed by atoms with Gasteiger partial charge in [0.2, 0.25) is 0 Å². The molecule has 0 radical (unpaired) electrons. The van der Waals surface area contributed by atoms with E-state index >= 15 is 0 Å². The Morgan fingerprint density at radius 3 is 2.80 bits per heavy atom. The van der Waals surface area contributed by atoms with Gasteiger partial charge in [0.15, 0.2) is 0 Å². The van der Waals surface area contributed by atoms with E-state index in [0.29, 0.717) is 5.75 Å². The van der Waals surface area contributed by atoms with Gasteiger partial charge in [0.1, 0.15) is 0 Å². The topological polar surface area (TPSA) is 46.5 Å². The van der Waals surface area contributed by atoms with Gasteiger partial charge in [-0.1, -0.05) is 6.08 Å². The van der Waals surface area contributed by atoms with Gasteiger partial charge >= 0.3 is 7.60 Å². The minimum absolute atomic E-state index is 0.196. The molecule has 0 spiro atoms. The highest BCUT2D eigenvalue weighted by Gasteiger charge is 2.11. The second-order valence-electron chi connectivity index (χ2n) is 1.60. The predicted octanol–water partition coefficient (Wildman–Crippen LogP) is 1.65. The van der Waals surface area contributed by atoms with E-state index in [-0.39, 0.29) is 6.61 Å². The molecule has 0 rings (SSSR count). The molecular formula is C5H11O3PS. The summed E-state index contributed by atoms with van der Waals surface area (Å²) in [4.78, 5) is 8.86. The van der Waals surface area contributed by atoms with E-state index < -0.39 is 7.60 Å². The van der Waals surface area contributed by atoms with Crippen molar-refractivity contribution in [2.24, 2.45) is 0 Å². The van der Waals surface area contributed by atoms with Crippen LogP contribution >= 0.6 is 20.2 Å². The Labute approximate surface area is 66.0 Å². The lowest BCUT2D eigenvalue weighted by molar-refractivity contribution is 0.285. The van der Waals surface area contributed by atoms with Crippen molar-refractivity contribution in [2.45, 2.75) is 6.92 Å². The fraction of sp³-hybridized carbons (Fsp3) is 0.600. The molecule has 0 saturated heterocycles. The Morgan fingerprint density at radius 1 is 1.80 bits per heavy atom. The fourth-order valence-electron chi connectivity index (χ4n) is 0.403. The van der Waals surface area contributed by atoms with Crippen molar-refractivity contribution in [1.29, 1.82) is 0 Å². The maximum absolute atomic E-state index is 10.8. The first-order valence-corrected chi connectivity index (χ1v) is 5.12. The zero-order valence-corrected chi connectivity index (χ0v) is 7.52. The molecule has 0 saturated carbocycles. The second kappa shape index (κ2) is 4.97. The molecule has 0 aromatic carbocycles. The zero-order valence-electron chi connectivity index (χ0n) is 5.73. The van der Waals surface area contributed by atoms with Crippen molar-refractivity contribution in [1.82, 2.24) is 0 Å². The normalized spacial score (nSPS) is 17.5. The van der Waals surface area contributed by atoms with Gasteiger partial charge in [0.05, 0.1) is 6.61 Å². The summed E-state index contributed by atoms with van der Waals surface area (Å²) in [6.45, 7) is 1.86. The van der Waals surface area contributed by atoms with Crippen LogP contribution in [0.3, 0.4) is 0 Å². The molecule has 5 heteroatoms. The minimum atomic E-state index is -3.44. The van der Waals surface area contributed by atoms with Crippen LogP contribution in [0.25, 0.3) is 0 Å². The van der Waals surface area contributed by atoms with Gasteiger partial charge in [-0.05, 0) is 6.92 Å². The quantitative estimate of drug-likeness (QED) is 0.513. The summed E-state index contributed by atoms with van der Waals surface area (Å²) in [6, 6.07) is 0. The molecule has 0 bridgehead atoms. The lowest BCUT2D eigenvalue weighted by Gasteiger charge is -2.04. The maximum Gasteiger partial charge on any atom is 0.351 e. The van der Waals surface area contributed by atoms with E-state index in [1.54, 1.807) is 6.92 Å². The number of rotatable bonds is 4. The molecule has 0 fully saturated rings. The average Bonchev–Trinajstić information content (AvgIpc) is 1.84. The standard InChI is InChI=1S/C5H11O3PS/c1-2-4-9(6,7)8-3-5-10/h2,4,10H,3,5H2,1H3,(H,6,7)/b4-2-. The molecular weight excluding hydrogens is 171 g/mol. The number of thiol groups is 1. The number of hydrogen-bond donors (Lipinski definition) is 2. The molecule has 0 aromatic heterocycles. The van der Waals surface area contributed by atoms with Crippen molar-refractivity contribution in [3.05, 3.63) is 11.9 Å². The van der Waals surface area contributed by atoms with Crippen molar-refractivity contribution in [3.63, 3.8) is 0 Å². The van der Waals surface area contributed by atoms with Gasteiger partial charge in [-0.3, -0.25) is 4.57 Å². The molecule has 60 valence electrons. The van der Waals surface area contributed by atoms with Gasteiger partial charge < -0.3 is 9.42 Å². The van der Waals surface area contributed by atoms with Gasteiger partial charge in [-0.25, -0.2) is 0 Å². The predicted molar refractivity (Wildman–Crippen MR) is 44.4 cm³/mol. The third kappa shape index (κ3) is 5.06. The van der Waals surface area contributed by atoms with Crippen LogP contribution in [0.4, 0.5) is 0 Å². The van der Waals surface area contributed by atoms with E-state index in [2.05, 4.69) is 17.2 Å². The largest absolute Gasteiger partial charge is 0.351 e. The highest BCUT2D eigenvalue weighted by Crippen LogP contribution is 2.43. The van der Waals surface area contributed by atoms with Crippen LogP contribution in [-0.2, 0) is 9.09 Å². The van der Waals surface area contributed by atoms with Gasteiger partial charge in [-0.2, -0.15) is 12.6 Å². The summed E-state index contributed by atoms with van der Waals surface area (Å²) < 4.78 is 15.4.